The van der Waals surface area contributed by atoms with E-state index in [0.29, 0.717) is 6.10 Å². The fourth-order valence-electron chi connectivity index (χ4n) is 3.76. The maximum Gasteiger partial charge on any atom is 0.193 e. The highest BCUT2D eigenvalue weighted by Gasteiger charge is 2.21. The molecule has 3 rings (SSSR count). The van der Waals surface area contributed by atoms with Gasteiger partial charge in [0, 0.05) is 46.5 Å². The standard InChI is InChI=1S/C21H33N3O4/c1-22-21(23-8-4-10-28-18-6-11-27-12-7-18)24-9-5-16-13-19(25-2)20(26-3)14-17(16)15-24/h13-14,18H,4-12,15H2,1-3H3,(H,22,23). The lowest BCUT2D eigenvalue weighted by Gasteiger charge is -2.32. The summed E-state index contributed by atoms with van der Waals surface area (Å²) in [4.78, 5) is 6.75. The summed E-state index contributed by atoms with van der Waals surface area (Å²) in [5.74, 6) is 2.50. The van der Waals surface area contributed by atoms with Crippen LogP contribution in [-0.4, -0.2) is 71.1 Å². The summed E-state index contributed by atoms with van der Waals surface area (Å²) in [6, 6.07) is 4.17. The van der Waals surface area contributed by atoms with Crippen LogP contribution in [0.25, 0.3) is 0 Å². The van der Waals surface area contributed by atoms with E-state index in [2.05, 4.69) is 27.3 Å². The summed E-state index contributed by atoms with van der Waals surface area (Å²) in [7, 11) is 5.19. The maximum atomic E-state index is 5.94. The van der Waals surface area contributed by atoms with Crippen LogP contribution in [0.2, 0.25) is 0 Å². The average molecular weight is 392 g/mol. The van der Waals surface area contributed by atoms with Crippen molar-refractivity contribution in [1.82, 2.24) is 10.2 Å². The number of fused-ring (bicyclic) bond motifs is 1. The quantitative estimate of drug-likeness (QED) is 0.437. The number of benzene rings is 1. The minimum Gasteiger partial charge on any atom is -0.493 e. The van der Waals surface area contributed by atoms with Gasteiger partial charge in [-0.2, -0.15) is 0 Å². The monoisotopic (exact) mass is 391 g/mol. The number of aliphatic imine (C=N–C) groups is 1. The maximum absolute atomic E-state index is 5.94. The molecule has 2 aliphatic rings. The first-order valence-corrected chi connectivity index (χ1v) is 10.1. The van der Waals surface area contributed by atoms with Crippen molar-refractivity contribution in [3.63, 3.8) is 0 Å². The Kier molecular flexibility index (Phi) is 7.80. The smallest absolute Gasteiger partial charge is 0.193 e. The Labute approximate surface area is 168 Å². The zero-order valence-electron chi connectivity index (χ0n) is 17.3. The van der Waals surface area contributed by atoms with Crippen molar-refractivity contribution in [2.75, 3.05) is 54.2 Å². The highest BCUT2D eigenvalue weighted by Crippen LogP contribution is 2.33. The molecule has 156 valence electrons. The van der Waals surface area contributed by atoms with E-state index in [0.717, 1.165) is 82.6 Å². The van der Waals surface area contributed by atoms with E-state index in [4.69, 9.17) is 18.9 Å². The van der Waals surface area contributed by atoms with Crippen LogP contribution < -0.4 is 14.8 Å². The predicted octanol–water partition coefficient (Wildman–Crippen LogP) is 2.22. The Morgan fingerprint density at radius 1 is 1.18 bits per heavy atom. The number of nitrogens with zero attached hydrogens (tertiary/aromatic N) is 2. The largest absolute Gasteiger partial charge is 0.493 e. The van der Waals surface area contributed by atoms with E-state index >= 15 is 0 Å². The van der Waals surface area contributed by atoms with Crippen molar-refractivity contribution in [2.24, 2.45) is 4.99 Å². The van der Waals surface area contributed by atoms with Gasteiger partial charge in [-0.25, -0.2) is 0 Å². The Bertz CT molecular complexity index is 659. The van der Waals surface area contributed by atoms with Crippen molar-refractivity contribution in [3.8, 4) is 11.5 Å². The van der Waals surface area contributed by atoms with Crippen LogP contribution >= 0.6 is 0 Å². The molecule has 7 heteroatoms. The predicted molar refractivity (Wildman–Crippen MR) is 109 cm³/mol. The van der Waals surface area contributed by atoms with Gasteiger partial charge in [-0.05, 0) is 48.9 Å². The summed E-state index contributed by atoms with van der Waals surface area (Å²) in [6.07, 6.45) is 4.31. The Balaban J connectivity index is 1.47. The number of ether oxygens (including phenoxy) is 4. The van der Waals surface area contributed by atoms with Gasteiger partial charge < -0.3 is 29.2 Å². The van der Waals surface area contributed by atoms with E-state index in [-0.39, 0.29) is 0 Å². The van der Waals surface area contributed by atoms with Crippen molar-refractivity contribution in [3.05, 3.63) is 23.3 Å². The second kappa shape index (κ2) is 10.5. The Morgan fingerprint density at radius 3 is 2.57 bits per heavy atom. The highest BCUT2D eigenvalue weighted by molar-refractivity contribution is 5.80. The van der Waals surface area contributed by atoms with Crippen LogP contribution in [0.4, 0.5) is 0 Å². The molecule has 2 heterocycles. The third kappa shape index (κ3) is 5.29. The van der Waals surface area contributed by atoms with Crippen molar-refractivity contribution in [2.45, 2.75) is 38.3 Å². The fourth-order valence-corrected chi connectivity index (χ4v) is 3.76. The molecule has 0 spiro atoms. The van der Waals surface area contributed by atoms with E-state index in [1.54, 1.807) is 14.2 Å². The SMILES string of the molecule is CN=C(NCCCOC1CCOCC1)N1CCc2cc(OC)c(OC)cc2C1. The normalized spacial score (nSPS) is 18.0. The van der Waals surface area contributed by atoms with Gasteiger partial charge in [0.25, 0.3) is 0 Å². The fraction of sp³-hybridized carbons (Fsp3) is 0.667. The first kappa shape index (κ1) is 20.7. The van der Waals surface area contributed by atoms with Gasteiger partial charge in [0.15, 0.2) is 17.5 Å². The molecule has 7 nitrogen and oxygen atoms in total. The Hall–Kier alpha value is -1.99. The van der Waals surface area contributed by atoms with E-state index in [1.807, 2.05) is 7.05 Å². The van der Waals surface area contributed by atoms with Crippen LogP contribution in [0.1, 0.15) is 30.4 Å². The van der Waals surface area contributed by atoms with Gasteiger partial charge in [0.1, 0.15) is 0 Å². The van der Waals surface area contributed by atoms with Crippen molar-refractivity contribution in [1.29, 1.82) is 0 Å². The van der Waals surface area contributed by atoms with E-state index < -0.39 is 0 Å². The van der Waals surface area contributed by atoms with Gasteiger partial charge in [-0.1, -0.05) is 0 Å². The molecule has 0 radical (unpaired) electrons. The molecule has 0 saturated carbocycles. The molecule has 1 aromatic rings. The lowest BCUT2D eigenvalue weighted by Crippen LogP contribution is -2.44. The third-order valence-corrected chi connectivity index (χ3v) is 5.36. The molecular weight excluding hydrogens is 358 g/mol. The molecule has 1 fully saturated rings. The summed E-state index contributed by atoms with van der Waals surface area (Å²) in [5, 5.41) is 3.47. The van der Waals surface area contributed by atoms with Crippen LogP contribution in [0.15, 0.2) is 17.1 Å². The molecule has 0 aromatic heterocycles. The lowest BCUT2D eigenvalue weighted by molar-refractivity contribution is -0.0320. The number of guanidine groups is 1. The highest BCUT2D eigenvalue weighted by atomic mass is 16.5. The van der Waals surface area contributed by atoms with Crippen molar-refractivity contribution < 1.29 is 18.9 Å². The minimum atomic E-state index is 0.360. The number of methoxy groups -OCH3 is 2. The second-order valence-electron chi connectivity index (χ2n) is 7.16. The molecule has 2 aliphatic heterocycles. The Morgan fingerprint density at radius 2 is 1.89 bits per heavy atom. The summed E-state index contributed by atoms with van der Waals surface area (Å²) < 4.78 is 22.2. The molecule has 0 amide bonds. The number of rotatable bonds is 7. The van der Waals surface area contributed by atoms with Gasteiger partial charge >= 0.3 is 0 Å². The second-order valence-corrected chi connectivity index (χ2v) is 7.16. The minimum absolute atomic E-state index is 0.360. The molecule has 28 heavy (non-hydrogen) atoms. The lowest BCUT2D eigenvalue weighted by atomic mass is 9.99. The first-order valence-electron chi connectivity index (χ1n) is 10.1. The first-order chi connectivity index (χ1) is 13.7. The average Bonchev–Trinajstić information content (AvgIpc) is 2.75. The topological polar surface area (TPSA) is 64.6 Å². The molecule has 0 atom stereocenters. The molecule has 1 N–H and O–H groups in total. The summed E-state index contributed by atoms with van der Waals surface area (Å²) in [6.45, 7) is 5.01. The summed E-state index contributed by atoms with van der Waals surface area (Å²) in [5.41, 5.74) is 2.57. The van der Waals surface area contributed by atoms with Gasteiger partial charge in [-0.3, -0.25) is 4.99 Å². The van der Waals surface area contributed by atoms with E-state index in [1.165, 1.54) is 11.1 Å². The van der Waals surface area contributed by atoms with Crippen LogP contribution in [-0.2, 0) is 22.4 Å². The van der Waals surface area contributed by atoms with Crippen LogP contribution in [0, 0.1) is 0 Å². The third-order valence-electron chi connectivity index (χ3n) is 5.36. The van der Waals surface area contributed by atoms with Gasteiger partial charge in [0.05, 0.1) is 20.3 Å². The summed E-state index contributed by atoms with van der Waals surface area (Å²) >= 11 is 0. The zero-order valence-corrected chi connectivity index (χ0v) is 17.3. The zero-order chi connectivity index (χ0) is 19.8. The number of hydrogen-bond acceptors (Lipinski definition) is 5. The van der Waals surface area contributed by atoms with Crippen molar-refractivity contribution >= 4 is 5.96 Å². The molecule has 0 bridgehead atoms. The molecule has 0 unspecified atom stereocenters. The van der Waals surface area contributed by atoms with Gasteiger partial charge in [0.2, 0.25) is 0 Å². The van der Waals surface area contributed by atoms with Gasteiger partial charge in [-0.15, -0.1) is 0 Å². The molecule has 0 aliphatic carbocycles. The molecule has 1 saturated heterocycles. The van der Waals surface area contributed by atoms with Crippen LogP contribution in [0.5, 0.6) is 11.5 Å². The number of nitrogens with one attached hydrogen (secondary N) is 1. The van der Waals surface area contributed by atoms with E-state index in [9.17, 15) is 0 Å². The number of hydrogen-bond donors (Lipinski definition) is 1. The molecular formula is C21H33N3O4. The molecule has 1 aromatic carbocycles. The van der Waals surface area contributed by atoms with Crippen LogP contribution in [0.3, 0.4) is 0 Å².